The van der Waals surface area contributed by atoms with E-state index in [4.69, 9.17) is 28.9 Å². The van der Waals surface area contributed by atoms with Crippen LogP contribution in [0.4, 0.5) is 18.9 Å². The van der Waals surface area contributed by atoms with E-state index in [-0.39, 0.29) is 29.1 Å². The molecule has 0 unspecified atom stereocenters. The highest BCUT2D eigenvalue weighted by Gasteiger charge is 2.34. The van der Waals surface area contributed by atoms with Crippen molar-refractivity contribution < 1.29 is 22.8 Å². The summed E-state index contributed by atoms with van der Waals surface area (Å²) in [6.07, 6.45) is -3.90. The van der Waals surface area contributed by atoms with E-state index in [0.717, 1.165) is 29.3 Å². The number of rotatable bonds is 7. The van der Waals surface area contributed by atoms with E-state index in [2.05, 4.69) is 10.2 Å². The predicted molar refractivity (Wildman–Crippen MR) is 152 cm³/mol. The molecule has 0 spiro atoms. The molecule has 40 heavy (non-hydrogen) atoms. The first kappa shape index (κ1) is 29.7. The van der Waals surface area contributed by atoms with Gasteiger partial charge in [0, 0.05) is 55.0 Å². The lowest BCUT2D eigenvalue weighted by molar-refractivity contribution is -0.137. The van der Waals surface area contributed by atoms with Crippen LogP contribution in [0.5, 0.6) is 0 Å². The Labute approximate surface area is 240 Å². The van der Waals surface area contributed by atoms with Gasteiger partial charge in [-0.3, -0.25) is 9.59 Å². The van der Waals surface area contributed by atoms with Crippen molar-refractivity contribution in [2.75, 3.05) is 37.6 Å². The maximum atomic E-state index is 13.3. The van der Waals surface area contributed by atoms with Gasteiger partial charge in [0.1, 0.15) is 0 Å². The molecule has 1 aliphatic rings. The molecule has 2 amide bonds. The number of nitrogens with one attached hydrogen (secondary N) is 1. The fourth-order valence-corrected chi connectivity index (χ4v) is 5.36. The molecule has 11 heteroatoms. The van der Waals surface area contributed by atoms with Gasteiger partial charge in [-0.25, -0.2) is 0 Å². The van der Waals surface area contributed by atoms with Crippen LogP contribution in [-0.2, 0) is 6.18 Å². The zero-order chi connectivity index (χ0) is 29.0. The average molecular weight is 593 g/mol. The number of benzene rings is 3. The number of nitrogens with zero attached hydrogens (tertiary/aromatic N) is 2. The van der Waals surface area contributed by atoms with Crippen molar-refractivity contribution in [3.8, 4) is 11.1 Å². The van der Waals surface area contributed by atoms with Gasteiger partial charge in [0.15, 0.2) is 0 Å². The molecule has 4 rings (SSSR count). The fraction of sp³-hybridized carbons (Fsp3) is 0.310. The van der Waals surface area contributed by atoms with Gasteiger partial charge >= 0.3 is 6.18 Å². The summed E-state index contributed by atoms with van der Waals surface area (Å²) in [7, 11) is 0. The third kappa shape index (κ3) is 6.37. The SMILES string of the molecule is CC[C@@H]1CN(C(=O)c2ccc(C(F)(F)F)cc2Cl)CCN1c1ccc(-c2ccccc2Cl)cc1C(=O)NCCN. The molecule has 3 aromatic rings. The van der Waals surface area contributed by atoms with Gasteiger partial charge in [0.2, 0.25) is 0 Å². The number of carbonyl (C=O) groups excluding carboxylic acids is 2. The molecular weight excluding hydrogens is 564 g/mol. The van der Waals surface area contributed by atoms with Crippen LogP contribution >= 0.6 is 23.2 Å². The molecule has 6 nitrogen and oxygen atoms in total. The maximum absolute atomic E-state index is 13.3. The van der Waals surface area contributed by atoms with E-state index in [1.165, 1.54) is 0 Å². The topological polar surface area (TPSA) is 78.7 Å². The van der Waals surface area contributed by atoms with Crippen LogP contribution in [0.1, 0.15) is 39.6 Å². The van der Waals surface area contributed by atoms with Gasteiger partial charge in [-0.1, -0.05) is 54.4 Å². The Morgan fingerprint density at radius 1 is 1.00 bits per heavy atom. The first-order chi connectivity index (χ1) is 19.0. The molecule has 212 valence electrons. The Balaban J connectivity index is 1.62. The number of nitrogens with two attached hydrogens (primary N) is 1. The lowest BCUT2D eigenvalue weighted by Gasteiger charge is -2.43. The number of amides is 2. The maximum Gasteiger partial charge on any atom is 0.416 e. The van der Waals surface area contributed by atoms with Gasteiger partial charge in [-0.2, -0.15) is 13.2 Å². The Kier molecular flexibility index (Phi) is 9.28. The van der Waals surface area contributed by atoms with Crippen LogP contribution in [0.2, 0.25) is 10.0 Å². The molecule has 0 saturated carbocycles. The van der Waals surface area contributed by atoms with E-state index in [1.54, 1.807) is 17.0 Å². The number of halogens is 5. The second-order valence-corrected chi connectivity index (χ2v) is 10.3. The van der Waals surface area contributed by atoms with Crippen molar-refractivity contribution in [1.82, 2.24) is 10.2 Å². The summed E-state index contributed by atoms with van der Waals surface area (Å²) >= 11 is 12.5. The van der Waals surface area contributed by atoms with Crippen molar-refractivity contribution >= 4 is 40.7 Å². The molecule has 1 saturated heterocycles. The third-order valence-electron chi connectivity index (χ3n) is 6.93. The first-order valence-corrected chi connectivity index (χ1v) is 13.6. The Hall–Kier alpha value is -3.27. The van der Waals surface area contributed by atoms with Crippen LogP contribution in [0.3, 0.4) is 0 Å². The quantitative estimate of drug-likeness (QED) is 0.347. The molecular formula is C29H29Cl2F3N4O2. The molecule has 1 aliphatic heterocycles. The summed E-state index contributed by atoms with van der Waals surface area (Å²) in [4.78, 5) is 30.2. The Bertz CT molecular complexity index is 1400. The number of anilines is 1. The van der Waals surface area contributed by atoms with Crippen LogP contribution < -0.4 is 16.0 Å². The van der Waals surface area contributed by atoms with E-state index in [0.29, 0.717) is 48.9 Å². The molecule has 3 N–H and O–H groups in total. The van der Waals surface area contributed by atoms with Gasteiger partial charge in [0.05, 0.1) is 21.7 Å². The van der Waals surface area contributed by atoms with E-state index >= 15 is 0 Å². The Morgan fingerprint density at radius 2 is 1.75 bits per heavy atom. The fourth-order valence-electron chi connectivity index (χ4n) is 4.85. The lowest BCUT2D eigenvalue weighted by atomic mass is 9.98. The number of hydrogen-bond acceptors (Lipinski definition) is 4. The first-order valence-electron chi connectivity index (χ1n) is 12.8. The second kappa shape index (κ2) is 12.5. The molecule has 3 aromatic carbocycles. The number of alkyl halides is 3. The van der Waals surface area contributed by atoms with Crippen molar-refractivity contribution in [2.45, 2.75) is 25.6 Å². The number of carbonyl (C=O) groups is 2. The zero-order valence-corrected chi connectivity index (χ0v) is 23.3. The minimum Gasteiger partial charge on any atom is -0.364 e. The monoisotopic (exact) mass is 592 g/mol. The average Bonchev–Trinajstić information content (AvgIpc) is 2.94. The van der Waals surface area contributed by atoms with Crippen LogP contribution in [-0.4, -0.2) is 55.5 Å². The van der Waals surface area contributed by atoms with E-state index < -0.39 is 17.6 Å². The van der Waals surface area contributed by atoms with Gasteiger partial charge in [0.25, 0.3) is 11.8 Å². The Morgan fingerprint density at radius 3 is 2.40 bits per heavy atom. The third-order valence-corrected chi connectivity index (χ3v) is 7.58. The van der Waals surface area contributed by atoms with Gasteiger partial charge in [-0.15, -0.1) is 0 Å². The van der Waals surface area contributed by atoms with Crippen LogP contribution in [0, 0.1) is 0 Å². The minimum absolute atomic E-state index is 0.0175. The normalized spacial score (nSPS) is 15.7. The number of piperazine rings is 1. The van der Waals surface area contributed by atoms with Crippen molar-refractivity contribution in [3.63, 3.8) is 0 Å². The van der Waals surface area contributed by atoms with E-state index in [9.17, 15) is 22.8 Å². The summed E-state index contributed by atoms with van der Waals surface area (Å²) in [5, 5.41) is 3.15. The van der Waals surface area contributed by atoms with Gasteiger partial charge < -0.3 is 20.9 Å². The summed E-state index contributed by atoms with van der Waals surface area (Å²) in [6, 6.07) is 15.5. The summed E-state index contributed by atoms with van der Waals surface area (Å²) in [6.45, 7) is 3.58. The molecule has 1 heterocycles. The minimum atomic E-state index is -4.56. The summed E-state index contributed by atoms with van der Waals surface area (Å²) in [5.74, 6) is -0.717. The van der Waals surface area contributed by atoms with E-state index in [1.807, 2.05) is 37.3 Å². The molecule has 1 atom stereocenters. The standard InChI is InChI=1S/C29H29Cl2F3N4O2/c1-2-20-17-37(28(40)22-9-8-19(16-25(22)31)29(32,33)34)13-14-38(20)26-10-7-18(21-5-3-4-6-24(21)30)15-23(26)27(39)36-12-11-35/h3-10,15-16,20H,2,11-14,17,35H2,1H3,(H,36,39)/t20-/m1/s1. The molecule has 1 fully saturated rings. The highest BCUT2D eigenvalue weighted by molar-refractivity contribution is 6.34. The molecule has 0 aromatic heterocycles. The lowest BCUT2D eigenvalue weighted by Crippen LogP contribution is -2.55. The number of hydrogen-bond donors (Lipinski definition) is 2. The smallest absolute Gasteiger partial charge is 0.364 e. The molecule has 0 radical (unpaired) electrons. The van der Waals surface area contributed by atoms with Crippen LogP contribution in [0.25, 0.3) is 11.1 Å². The highest BCUT2D eigenvalue weighted by atomic mass is 35.5. The summed E-state index contributed by atoms with van der Waals surface area (Å²) < 4.78 is 39.2. The van der Waals surface area contributed by atoms with Gasteiger partial charge in [-0.05, 0) is 48.4 Å². The second-order valence-electron chi connectivity index (χ2n) is 9.46. The molecule has 0 aliphatic carbocycles. The van der Waals surface area contributed by atoms with Crippen LogP contribution in [0.15, 0.2) is 60.7 Å². The summed E-state index contributed by atoms with van der Waals surface area (Å²) in [5.41, 5.74) is 7.45. The highest BCUT2D eigenvalue weighted by Crippen LogP contribution is 2.35. The zero-order valence-electron chi connectivity index (χ0n) is 21.8. The largest absolute Gasteiger partial charge is 0.416 e. The predicted octanol–water partition coefficient (Wildman–Crippen LogP) is 6.11. The molecule has 0 bridgehead atoms. The van der Waals surface area contributed by atoms with Crippen molar-refractivity contribution in [1.29, 1.82) is 0 Å². The van der Waals surface area contributed by atoms with Crippen molar-refractivity contribution in [3.05, 3.63) is 87.4 Å². The van der Waals surface area contributed by atoms with Crippen molar-refractivity contribution in [2.24, 2.45) is 5.73 Å².